The maximum atomic E-state index is 5.98. The molecule has 15 heavy (non-hydrogen) atoms. The van der Waals surface area contributed by atoms with Crippen molar-refractivity contribution in [2.45, 2.75) is 24.8 Å². The van der Waals surface area contributed by atoms with E-state index < -0.39 is 0 Å². The molecule has 2 atom stereocenters. The quantitative estimate of drug-likeness (QED) is 0.747. The molecular weight excluding hydrogens is 182 g/mol. The predicted octanol–water partition coefficient (Wildman–Crippen LogP) is 2.83. The van der Waals surface area contributed by atoms with E-state index in [4.69, 9.17) is 5.73 Å². The molecule has 2 unspecified atom stereocenters. The van der Waals surface area contributed by atoms with Gasteiger partial charge >= 0.3 is 0 Å². The minimum absolute atomic E-state index is 0.226. The summed E-state index contributed by atoms with van der Waals surface area (Å²) < 4.78 is 0. The van der Waals surface area contributed by atoms with Gasteiger partial charge in [-0.3, -0.25) is 0 Å². The molecule has 0 radical (unpaired) electrons. The average molecular weight is 197 g/mol. The number of rotatable bonds is 1. The zero-order chi connectivity index (χ0) is 10.5. The zero-order valence-corrected chi connectivity index (χ0v) is 8.90. The highest BCUT2D eigenvalue weighted by Gasteiger charge is 2.48. The highest BCUT2D eigenvalue weighted by molar-refractivity contribution is 5.83. The standard InChI is InChI=1S/C14H15N/c1-14(9-13(14)15)12-7-6-10-4-2-3-5-11(10)8-12/h2-8,13H,9,15H2,1H3. The molecule has 1 fully saturated rings. The van der Waals surface area contributed by atoms with Crippen molar-refractivity contribution in [2.75, 3.05) is 0 Å². The molecule has 0 aromatic heterocycles. The predicted molar refractivity (Wildman–Crippen MR) is 63.9 cm³/mol. The first-order chi connectivity index (χ1) is 7.20. The van der Waals surface area contributed by atoms with Gasteiger partial charge in [-0.2, -0.15) is 0 Å². The summed E-state index contributed by atoms with van der Waals surface area (Å²) in [4.78, 5) is 0. The summed E-state index contributed by atoms with van der Waals surface area (Å²) in [5.41, 5.74) is 7.59. The Morgan fingerprint density at radius 2 is 1.80 bits per heavy atom. The van der Waals surface area contributed by atoms with Gasteiger partial charge in [-0.15, -0.1) is 0 Å². The number of nitrogens with two attached hydrogens (primary N) is 1. The van der Waals surface area contributed by atoms with Gasteiger partial charge in [0.15, 0.2) is 0 Å². The van der Waals surface area contributed by atoms with Crippen LogP contribution >= 0.6 is 0 Å². The van der Waals surface area contributed by atoms with Crippen molar-refractivity contribution in [3.63, 3.8) is 0 Å². The molecule has 1 heteroatoms. The molecular formula is C14H15N. The molecule has 76 valence electrons. The van der Waals surface area contributed by atoms with Gasteiger partial charge in [0.25, 0.3) is 0 Å². The van der Waals surface area contributed by atoms with E-state index in [-0.39, 0.29) is 5.41 Å². The molecule has 1 aliphatic rings. The molecule has 0 aliphatic heterocycles. The Morgan fingerprint density at radius 1 is 1.13 bits per heavy atom. The Bertz CT molecular complexity index is 517. The van der Waals surface area contributed by atoms with Crippen molar-refractivity contribution in [1.82, 2.24) is 0 Å². The normalized spacial score (nSPS) is 29.3. The fourth-order valence-corrected chi connectivity index (χ4v) is 2.27. The summed E-state index contributed by atoms with van der Waals surface area (Å²) in [6.07, 6.45) is 1.12. The average Bonchev–Trinajstić information content (AvgIpc) is 2.88. The number of hydrogen-bond acceptors (Lipinski definition) is 1. The Morgan fingerprint density at radius 3 is 2.47 bits per heavy atom. The summed E-state index contributed by atoms with van der Waals surface area (Å²) in [6, 6.07) is 15.5. The Kier molecular flexibility index (Phi) is 1.68. The maximum absolute atomic E-state index is 5.98. The second-order valence-electron chi connectivity index (χ2n) is 4.79. The molecule has 0 bridgehead atoms. The summed E-state index contributed by atoms with van der Waals surface area (Å²) in [7, 11) is 0. The van der Waals surface area contributed by atoms with Gasteiger partial charge in [0.2, 0.25) is 0 Å². The second kappa shape index (κ2) is 2.83. The largest absolute Gasteiger partial charge is 0.327 e. The van der Waals surface area contributed by atoms with Crippen LogP contribution in [0.5, 0.6) is 0 Å². The fraction of sp³-hybridized carbons (Fsp3) is 0.286. The van der Waals surface area contributed by atoms with Gasteiger partial charge in [-0.1, -0.05) is 49.4 Å². The first kappa shape index (κ1) is 8.93. The first-order valence-electron chi connectivity index (χ1n) is 5.45. The lowest BCUT2D eigenvalue weighted by Gasteiger charge is -2.11. The topological polar surface area (TPSA) is 26.0 Å². The van der Waals surface area contributed by atoms with E-state index in [2.05, 4.69) is 49.4 Å². The van der Waals surface area contributed by atoms with Gasteiger partial charge in [-0.25, -0.2) is 0 Å². The Balaban J connectivity index is 2.15. The van der Waals surface area contributed by atoms with Crippen LogP contribution in [0.3, 0.4) is 0 Å². The second-order valence-corrected chi connectivity index (χ2v) is 4.79. The van der Waals surface area contributed by atoms with E-state index in [1.54, 1.807) is 0 Å². The fourth-order valence-electron chi connectivity index (χ4n) is 2.27. The molecule has 0 amide bonds. The van der Waals surface area contributed by atoms with Gasteiger partial charge in [0, 0.05) is 11.5 Å². The molecule has 2 N–H and O–H groups in total. The van der Waals surface area contributed by atoms with Crippen LogP contribution in [0.2, 0.25) is 0 Å². The molecule has 0 heterocycles. The van der Waals surface area contributed by atoms with Crippen LogP contribution in [-0.2, 0) is 5.41 Å². The first-order valence-corrected chi connectivity index (χ1v) is 5.45. The van der Waals surface area contributed by atoms with Gasteiger partial charge in [-0.05, 0) is 22.8 Å². The van der Waals surface area contributed by atoms with E-state index >= 15 is 0 Å². The highest BCUT2D eigenvalue weighted by atomic mass is 14.8. The van der Waals surface area contributed by atoms with E-state index in [9.17, 15) is 0 Å². The molecule has 1 nitrogen and oxygen atoms in total. The van der Waals surface area contributed by atoms with Gasteiger partial charge < -0.3 is 5.73 Å². The molecule has 0 saturated heterocycles. The number of hydrogen-bond donors (Lipinski definition) is 1. The molecule has 3 rings (SSSR count). The van der Waals surface area contributed by atoms with Crippen LogP contribution in [0.25, 0.3) is 10.8 Å². The van der Waals surface area contributed by atoms with Crippen LogP contribution in [0.15, 0.2) is 42.5 Å². The lowest BCUT2D eigenvalue weighted by Crippen LogP contribution is -2.14. The SMILES string of the molecule is CC1(c2ccc3ccccc3c2)CC1N. The molecule has 0 spiro atoms. The molecule has 1 aliphatic carbocycles. The highest BCUT2D eigenvalue weighted by Crippen LogP contribution is 2.46. The number of benzene rings is 2. The van der Waals surface area contributed by atoms with Crippen molar-refractivity contribution >= 4 is 10.8 Å². The molecule has 2 aromatic rings. The van der Waals surface area contributed by atoms with Gasteiger partial charge in [0.1, 0.15) is 0 Å². The monoisotopic (exact) mass is 197 g/mol. The summed E-state index contributed by atoms with van der Waals surface area (Å²) in [5.74, 6) is 0. The molecule has 1 saturated carbocycles. The Hall–Kier alpha value is -1.34. The van der Waals surface area contributed by atoms with Gasteiger partial charge in [0.05, 0.1) is 0 Å². The third kappa shape index (κ3) is 1.27. The van der Waals surface area contributed by atoms with Crippen LogP contribution in [-0.4, -0.2) is 6.04 Å². The third-order valence-electron chi connectivity index (χ3n) is 3.71. The van der Waals surface area contributed by atoms with Crippen LogP contribution < -0.4 is 5.73 Å². The Labute approximate surface area is 89.9 Å². The van der Waals surface area contributed by atoms with Crippen LogP contribution in [0.4, 0.5) is 0 Å². The third-order valence-corrected chi connectivity index (χ3v) is 3.71. The van der Waals surface area contributed by atoms with E-state index in [0.29, 0.717) is 6.04 Å². The van der Waals surface area contributed by atoms with Crippen molar-refractivity contribution in [2.24, 2.45) is 5.73 Å². The van der Waals surface area contributed by atoms with Crippen molar-refractivity contribution in [3.05, 3.63) is 48.0 Å². The smallest absolute Gasteiger partial charge is 0.0143 e. The summed E-state index contributed by atoms with van der Waals surface area (Å²) in [5, 5.41) is 2.62. The minimum Gasteiger partial charge on any atom is -0.327 e. The minimum atomic E-state index is 0.226. The van der Waals surface area contributed by atoms with E-state index in [1.807, 2.05) is 0 Å². The van der Waals surface area contributed by atoms with Crippen molar-refractivity contribution in [3.8, 4) is 0 Å². The maximum Gasteiger partial charge on any atom is 0.0143 e. The lowest BCUT2D eigenvalue weighted by molar-refractivity contribution is 0.742. The van der Waals surface area contributed by atoms with Crippen molar-refractivity contribution in [1.29, 1.82) is 0 Å². The van der Waals surface area contributed by atoms with E-state index in [1.165, 1.54) is 16.3 Å². The van der Waals surface area contributed by atoms with Crippen LogP contribution in [0, 0.1) is 0 Å². The lowest BCUT2D eigenvalue weighted by atomic mass is 9.95. The molecule has 2 aromatic carbocycles. The summed E-state index contributed by atoms with van der Waals surface area (Å²) >= 11 is 0. The van der Waals surface area contributed by atoms with Crippen molar-refractivity contribution < 1.29 is 0 Å². The zero-order valence-electron chi connectivity index (χ0n) is 8.90. The summed E-state index contributed by atoms with van der Waals surface area (Å²) in [6.45, 7) is 2.25. The number of fused-ring (bicyclic) bond motifs is 1. The van der Waals surface area contributed by atoms with Crippen LogP contribution in [0.1, 0.15) is 18.9 Å². The van der Waals surface area contributed by atoms with E-state index in [0.717, 1.165) is 6.42 Å².